The number of carbonyl (C=O) groups is 2. The Morgan fingerprint density at radius 1 is 1.20 bits per heavy atom. The predicted octanol–water partition coefficient (Wildman–Crippen LogP) is 0.222. The first-order valence-electron chi connectivity index (χ1n) is 3.72. The van der Waals surface area contributed by atoms with E-state index in [-0.39, 0.29) is 0 Å². The fraction of sp³-hybridized carbons (Fsp3) is 0.714. The van der Waals surface area contributed by atoms with Crippen LogP contribution in [0.3, 0.4) is 0 Å². The number of hydrogen-bond acceptors (Lipinski definition) is 2. The molecule has 0 aliphatic heterocycles. The molecule has 0 spiro atoms. The molecule has 56 valence electrons. The summed E-state index contributed by atoms with van der Waals surface area (Å²) >= 11 is 0. The molecular weight excluding hydrogens is 127 g/mol. The van der Waals surface area contributed by atoms with Gasteiger partial charge in [-0.15, -0.1) is 0 Å². The zero-order valence-corrected chi connectivity index (χ0v) is 6.38. The smallest absolute Gasteiger partial charge is 0.120 e. The quantitative estimate of drug-likeness (QED) is 0.390. The molecule has 0 fully saturated rings. The molecule has 0 bridgehead atoms. The maximum Gasteiger partial charge on any atom is 0.120 e. The van der Waals surface area contributed by atoms with Crippen LogP contribution in [0, 0.1) is 5.92 Å². The van der Waals surface area contributed by atoms with Crippen LogP contribution in [-0.4, -0.2) is 20.4 Å². The molecular formula is C7H13BO2. The minimum Gasteiger partial charge on any atom is -0.303 e. The molecule has 0 unspecified atom stereocenters. The van der Waals surface area contributed by atoms with Crippen LogP contribution in [-0.2, 0) is 9.59 Å². The molecule has 0 aliphatic rings. The maximum absolute atomic E-state index is 10.0. The van der Waals surface area contributed by atoms with Crippen molar-refractivity contribution in [1.82, 2.24) is 0 Å². The Balaban J connectivity index is 3.48. The van der Waals surface area contributed by atoms with E-state index in [2.05, 4.69) is 7.85 Å². The van der Waals surface area contributed by atoms with E-state index in [4.69, 9.17) is 0 Å². The van der Waals surface area contributed by atoms with E-state index < -0.39 is 0 Å². The normalized spacial score (nSPS) is 9.70. The van der Waals surface area contributed by atoms with Gasteiger partial charge in [0.15, 0.2) is 0 Å². The summed E-state index contributed by atoms with van der Waals surface area (Å²) in [5.74, 6) is 0.292. The molecule has 0 atom stereocenters. The monoisotopic (exact) mass is 140 g/mol. The third kappa shape index (κ3) is 4.30. The van der Waals surface area contributed by atoms with E-state index in [0.29, 0.717) is 18.8 Å². The molecule has 0 aromatic heterocycles. The van der Waals surface area contributed by atoms with Gasteiger partial charge in [0, 0.05) is 12.8 Å². The van der Waals surface area contributed by atoms with E-state index in [1.54, 1.807) is 0 Å². The van der Waals surface area contributed by atoms with Crippen molar-refractivity contribution in [3.8, 4) is 0 Å². The topological polar surface area (TPSA) is 34.1 Å². The Hall–Kier alpha value is -0.595. The van der Waals surface area contributed by atoms with Crippen LogP contribution in [0.25, 0.3) is 0 Å². The third-order valence-corrected chi connectivity index (χ3v) is 1.56. The van der Waals surface area contributed by atoms with Gasteiger partial charge in [-0.2, -0.15) is 0 Å². The van der Waals surface area contributed by atoms with Crippen molar-refractivity contribution in [1.29, 1.82) is 0 Å². The van der Waals surface area contributed by atoms with E-state index in [1.807, 2.05) is 0 Å². The summed E-state index contributed by atoms with van der Waals surface area (Å²) < 4.78 is 0. The summed E-state index contributed by atoms with van der Waals surface area (Å²) in [6.07, 6.45) is 4.89. The molecule has 2 nitrogen and oxygen atoms in total. The van der Waals surface area contributed by atoms with E-state index >= 15 is 0 Å². The SMILES string of the molecule is BCCC(CC=O)CC=O. The molecule has 0 saturated heterocycles. The van der Waals surface area contributed by atoms with Crippen molar-refractivity contribution in [2.45, 2.75) is 25.6 Å². The first-order valence-corrected chi connectivity index (χ1v) is 3.72. The second-order valence-corrected chi connectivity index (χ2v) is 2.46. The molecule has 0 aromatic rings. The fourth-order valence-corrected chi connectivity index (χ4v) is 1.01. The molecule has 0 heterocycles. The van der Waals surface area contributed by atoms with Gasteiger partial charge in [0.05, 0.1) is 0 Å². The highest BCUT2D eigenvalue weighted by atomic mass is 16.1. The molecule has 0 rings (SSSR count). The number of aldehydes is 2. The van der Waals surface area contributed by atoms with Crippen LogP contribution in [0.2, 0.25) is 6.32 Å². The van der Waals surface area contributed by atoms with Gasteiger partial charge in [0.2, 0.25) is 0 Å². The van der Waals surface area contributed by atoms with Crippen LogP contribution in [0.1, 0.15) is 19.3 Å². The Labute approximate surface area is 62.4 Å². The molecule has 0 amide bonds. The van der Waals surface area contributed by atoms with Crippen molar-refractivity contribution in [3.63, 3.8) is 0 Å². The van der Waals surface area contributed by atoms with Gasteiger partial charge in [-0.25, -0.2) is 0 Å². The highest BCUT2D eigenvalue weighted by molar-refractivity contribution is 6.08. The number of carbonyl (C=O) groups excluding carboxylic acids is 2. The number of hydrogen-bond donors (Lipinski definition) is 0. The standard InChI is InChI=1S/C7H13BO2/c8-4-1-7(2-5-9)3-6-10/h5-7H,1-4,8H2. The molecule has 0 aromatic carbocycles. The van der Waals surface area contributed by atoms with Gasteiger partial charge < -0.3 is 9.59 Å². The molecule has 3 heteroatoms. The van der Waals surface area contributed by atoms with Gasteiger partial charge >= 0.3 is 0 Å². The second-order valence-electron chi connectivity index (χ2n) is 2.46. The van der Waals surface area contributed by atoms with Gasteiger partial charge in [-0.05, 0) is 5.92 Å². The third-order valence-electron chi connectivity index (χ3n) is 1.56. The van der Waals surface area contributed by atoms with Gasteiger partial charge in [-0.3, -0.25) is 0 Å². The summed E-state index contributed by atoms with van der Waals surface area (Å²) in [5, 5.41) is 0. The van der Waals surface area contributed by atoms with Gasteiger partial charge in [-0.1, -0.05) is 12.7 Å². The summed E-state index contributed by atoms with van der Waals surface area (Å²) in [6.45, 7) is 0. The van der Waals surface area contributed by atoms with Crippen LogP contribution in [0.5, 0.6) is 0 Å². The lowest BCUT2D eigenvalue weighted by atomic mass is 9.90. The van der Waals surface area contributed by atoms with Crippen LogP contribution in [0.4, 0.5) is 0 Å². The number of rotatable bonds is 6. The summed E-state index contributed by atoms with van der Waals surface area (Å²) in [5.41, 5.74) is 0. The first kappa shape index (κ1) is 9.40. The van der Waals surface area contributed by atoms with E-state index in [9.17, 15) is 9.59 Å². The lowest BCUT2D eigenvalue weighted by Gasteiger charge is -2.06. The minimum absolute atomic E-state index is 0.292. The highest BCUT2D eigenvalue weighted by Gasteiger charge is 2.04. The predicted molar refractivity (Wildman–Crippen MR) is 42.8 cm³/mol. The lowest BCUT2D eigenvalue weighted by Crippen LogP contribution is -2.01. The molecule has 0 saturated carbocycles. The van der Waals surface area contributed by atoms with E-state index in [0.717, 1.165) is 25.3 Å². The maximum atomic E-state index is 10.0. The average molecular weight is 140 g/mol. The van der Waals surface area contributed by atoms with Gasteiger partial charge in [0.1, 0.15) is 20.4 Å². The van der Waals surface area contributed by atoms with Crippen LogP contribution in [0.15, 0.2) is 0 Å². The first-order chi connectivity index (χ1) is 4.85. The second kappa shape index (κ2) is 6.52. The van der Waals surface area contributed by atoms with Crippen molar-refractivity contribution >= 4 is 20.4 Å². The van der Waals surface area contributed by atoms with Crippen molar-refractivity contribution in [3.05, 3.63) is 0 Å². The summed E-state index contributed by atoms with van der Waals surface area (Å²) in [7, 11) is 2.06. The van der Waals surface area contributed by atoms with Gasteiger partial charge in [0.25, 0.3) is 0 Å². The van der Waals surface area contributed by atoms with Crippen LogP contribution >= 0.6 is 0 Å². The zero-order chi connectivity index (χ0) is 7.82. The Morgan fingerprint density at radius 3 is 2.00 bits per heavy atom. The largest absolute Gasteiger partial charge is 0.303 e. The zero-order valence-electron chi connectivity index (χ0n) is 6.38. The van der Waals surface area contributed by atoms with Crippen molar-refractivity contribution in [2.24, 2.45) is 5.92 Å². The fourth-order valence-electron chi connectivity index (χ4n) is 1.01. The van der Waals surface area contributed by atoms with Crippen molar-refractivity contribution < 1.29 is 9.59 Å². The minimum atomic E-state index is 0.292. The van der Waals surface area contributed by atoms with Crippen molar-refractivity contribution in [2.75, 3.05) is 0 Å². The summed E-state index contributed by atoms with van der Waals surface area (Å²) in [4.78, 5) is 20.1. The van der Waals surface area contributed by atoms with E-state index in [1.165, 1.54) is 0 Å². The Morgan fingerprint density at radius 2 is 1.70 bits per heavy atom. The van der Waals surface area contributed by atoms with Crippen LogP contribution < -0.4 is 0 Å². The lowest BCUT2D eigenvalue weighted by molar-refractivity contribution is -0.110. The average Bonchev–Trinajstić information content (AvgIpc) is 1.90. The molecule has 0 radical (unpaired) electrons. The molecule has 0 aliphatic carbocycles. The molecule has 0 N–H and O–H groups in total. The highest BCUT2D eigenvalue weighted by Crippen LogP contribution is 2.11. The Kier molecular flexibility index (Phi) is 6.14. The Bertz CT molecular complexity index is 93.8. The molecule has 10 heavy (non-hydrogen) atoms. The summed E-state index contributed by atoms with van der Waals surface area (Å²) in [6, 6.07) is 0.